The molecule has 0 saturated heterocycles. The van der Waals surface area contributed by atoms with Gasteiger partial charge in [0.05, 0.1) is 5.92 Å². The first-order chi connectivity index (χ1) is 7.47. The number of thioether (sulfide) groups is 1. The number of phenolic OH excluding ortho intramolecular Hbond substituents is 1. The van der Waals surface area contributed by atoms with E-state index in [1.807, 2.05) is 25.3 Å². The SMILES string of the molecule is CSc1ccc(C)c(O)c1CC(C)C(=O)O. The van der Waals surface area contributed by atoms with Gasteiger partial charge < -0.3 is 10.2 Å². The van der Waals surface area contributed by atoms with Crippen molar-refractivity contribution in [2.75, 3.05) is 6.26 Å². The van der Waals surface area contributed by atoms with Crippen LogP contribution in [0.25, 0.3) is 0 Å². The van der Waals surface area contributed by atoms with Crippen molar-refractivity contribution >= 4 is 17.7 Å². The first-order valence-corrected chi connectivity index (χ1v) is 6.28. The summed E-state index contributed by atoms with van der Waals surface area (Å²) in [6.07, 6.45) is 2.28. The lowest BCUT2D eigenvalue weighted by Crippen LogP contribution is -2.13. The summed E-state index contributed by atoms with van der Waals surface area (Å²) in [7, 11) is 0. The lowest BCUT2D eigenvalue weighted by atomic mass is 9.98. The summed E-state index contributed by atoms with van der Waals surface area (Å²) in [5, 5.41) is 18.8. The zero-order valence-corrected chi connectivity index (χ0v) is 10.5. The minimum atomic E-state index is -0.840. The van der Waals surface area contributed by atoms with Gasteiger partial charge in [-0.15, -0.1) is 11.8 Å². The third kappa shape index (κ3) is 2.70. The Kier molecular flexibility index (Phi) is 4.24. The Hall–Kier alpha value is -1.16. The number of carbonyl (C=O) groups is 1. The van der Waals surface area contributed by atoms with Crippen LogP contribution in [0.3, 0.4) is 0 Å². The molecule has 0 spiro atoms. The molecule has 3 nitrogen and oxygen atoms in total. The Bertz CT molecular complexity index is 401. The third-order valence-corrected chi connectivity index (χ3v) is 3.42. The quantitative estimate of drug-likeness (QED) is 0.794. The van der Waals surface area contributed by atoms with Crippen molar-refractivity contribution in [3.63, 3.8) is 0 Å². The van der Waals surface area contributed by atoms with Gasteiger partial charge in [0.1, 0.15) is 5.75 Å². The van der Waals surface area contributed by atoms with Crippen LogP contribution in [0.1, 0.15) is 18.1 Å². The maximum Gasteiger partial charge on any atom is 0.306 e. The van der Waals surface area contributed by atoms with E-state index in [0.29, 0.717) is 6.42 Å². The van der Waals surface area contributed by atoms with Crippen molar-refractivity contribution in [1.82, 2.24) is 0 Å². The third-order valence-electron chi connectivity index (χ3n) is 2.59. The zero-order chi connectivity index (χ0) is 12.3. The maximum atomic E-state index is 10.8. The molecule has 16 heavy (non-hydrogen) atoms. The first kappa shape index (κ1) is 12.9. The summed E-state index contributed by atoms with van der Waals surface area (Å²) < 4.78 is 0. The van der Waals surface area contributed by atoms with Gasteiger partial charge in [-0.1, -0.05) is 13.0 Å². The summed E-state index contributed by atoms with van der Waals surface area (Å²) in [5.41, 5.74) is 1.52. The molecule has 0 aliphatic carbocycles. The standard InChI is InChI=1S/C12H16O3S/c1-7-4-5-10(16-3)9(11(7)13)6-8(2)12(14)15/h4-5,8,13H,6H2,1-3H3,(H,14,15). The molecular formula is C12H16O3S. The highest BCUT2D eigenvalue weighted by Crippen LogP contribution is 2.32. The van der Waals surface area contributed by atoms with Gasteiger partial charge in [-0.05, 0) is 31.2 Å². The molecule has 0 aliphatic rings. The molecule has 1 rings (SSSR count). The summed E-state index contributed by atoms with van der Waals surface area (Å²) in [4.78, 5) is 11.8. The number of rotatable bonds is 4. The molecule has 0 bridgehead atoms. The topological polar surface area (TPSA) is 57.5 Å². The number of aliphatic carboxylic acids is 1. The molecule has 1 atom stereocenters. The number of phenols is 1. The molecule has 0 fully saturated rings. The second kappa shape index (κ2) is 5.25. The highest BCUT2D eigenvalue weighted by molar-refractivity contribution is 7.98. The van der Waals surface area contributed by atoms with Crippen molar-refractivity contribution in [3.8, 4) is 5.75 Å². The molecule has 0 radical (unpaired) electrons. The van der Waals surface area contributed by atoms with E-state index in [-0.39, 0.29) is 5.75 Å². The van der Waals surface area contributed by atoms with Gasteiger partial charge >= 0.3 is 5.97 Å². The number of carboxylic acid groups (broad SMARTS) is 1. The minimum Gasteiger partial charge on any atom is -0.507 e. The van der Waals surface area contributed by atoms with Crippen LogP contribution in [0.15, 0.2) is 17.0 Å². The van der Waals surface area contributed by atoms with Crippen LogP contribution in [0, 0.1) is 12.8 Å². The fourth-order valence-electron chi connectivity index (χ4n) is 1.52. The molecular weight excluding hydrogens is 224 g/mol. The fourth-order valence-corrected chi connectivity index (χ4v) is 2.15. The molecule has 4 heteroatoms. The fraction of sp³-hybridized carbons (Fsp3) is 0.417. The highest BCUT2D eigenvalue weighted by Gasteiger charge is 2.17. The van der Waals surface area contributed by atoms with Gasteiger partial charge in [-0.2, -0.15) is 0 Å². The minimum absolute atomic E-state index is 0.222. The number of aromatic hydroxyl groups is 1. The van der Waals surface area contributed by atoms with Crippen LogP contribution in [0.5, 0.6) is 5.75 Å². The van der Waals surface area contributed by atoms with Crippen LogP contribution in [0.2, 0.25) is 0 Å². The predicted octanol–water partition coefficient (Wildman–Crippen LogP) is 2.69. The number of benzene rings is 1. The van der Waals surface area contributed by atoms with Crippen molar-refractivity contribution in [1.29, 1.82) is 0 Å². The number of hydrogen-bond donors (Lipinski definition) is 2. The molecule has 1 unspecified atom stereocenters. The molecule has 2 N–H and O–H groups in total. The summed E-state index contributed by atoms with van der Waals surface area (Å²) in [6.45, 7) is 3.46. The van der Waals surface area contributed by atoms with Gasteiger partial charge in [0.15, 0.2) is 0 Å². The zero-order valence-electron chi connectivity index (χ0n) is 9.65. The molecule has 1 aromatic carbocycles. The van der Waals surface area contributed by atoms with Crippen LogP contribution >= 0.6 is 11.8 Å². The van der Waals surface area contributed by atoms with E-state index in [2.05, 4.69) is 0 Å². The predicted molar refractivity (Wildman–Crippen MR) is 65.1 cm³/mol. The van der Waals surface area contributed by atoms with Gasteiger partial charge in [0.25, 0.3) is 0 Å². The monoisotopic (exact) mass is 240 g/mol. The Morgan fingerprint density at radius 2 is 2.12 bits per heavy atom. The van der Waals surface area contributed by atoms with Crippen molar-refractivity contribution < 1.29 is 15.0 Å². The molecule has 0 saturated carbocycles. The normalized spacial score (nSPS) is 12.4. The molecule has 0 heterocycles. The number of aryl methyl sites for hydroxylation is 1. The van der Waals surface area contributed by atoms with E-state index >= 15 is 0 Å². The molecule has 0 aromatic heterocycles. The van der Waals surface area contributed by atoms with Crippen LogP contribution < -0.4 is 0 Å². The second-order valence-corrected chi connectivity index (χ2v) is 4.70. The van der Waals surface area contributed by atoms with Gasteiger partial charge in [-0.25, -0.2) is 0 Å². The molecule has 88 valence electrons. The second-order valence-electron chi connectivity index (χ2n) is 3.86. The number of carboxylic acids is 1. The Morgan fingerprint density at radius 3 is 2.62 bits per heavy atom. The Balaban J connectivity index is 3.10. The number of hydrogen-bond acceptors (Lipinski definition) is 3. The highest BCUT2D eigenvalue weighted by atomic mass is 32.2. The van der Waals surface area contributed by atoms with E-state index in [1.54, 1.807) is 6.92 Å². The van der Waals surface area contributed by atoms with Crippen molar-refractivity contribution in [2.24, 2.45) is 5.92 Å². The van der Waals surface area contributed by atoms with Crippen LogP contribution in [0.4, 0.5) is 0 Å². The van der Waals surface area contributed by atoms with Gasteiger partial charge in [0, 0.05) is 10.5 Å². The molecule has 0 amide bonds. The summed E-state index contributed by atoms with van der Waals surface area (Å²) in [6, 6.07) is 3.76. The lowest BCUT2D eigenvalue weighted by molar-refractivity contribution is -0.141. The molecule has 0 aliphatic heterocycles. The van der Waals surface area contributed by atoms with Crippen molar-refractivity contribution in [2.45, 2.75) is 25.2 Å². The van der Waals surface area contributed by atoms with Crippen LogP contribution in [-0.2, 0) is 11.2 Å². The smallest absolute Gasteiger partial charge is 0.306 e. The average molecular weight is 240 g/mol. The summed E-state index contributed by atoms with van der Waals surface area (Å²) in [5.74, 6) is -1.11. The van der Waals surface area contributed by atoms with E-state index in [0.717, 1.165) is 16.0 Å². The van der Waals surface area contributed by atoms with Crippen molar-refractivity contribution in [3.05, 3.63) is 23.3 Å². The van der Waals surface area contributed by atoms with Crippen LogP contribution in [-0.4, -0.2) is 22.4 Å². The average Bonchev–Trinajstić information content (AvgIpc) is 2.25. The lowest BCUT2D eigenvalue weighted by Gasteiger charge is -2.13. The largest absolute Gasteiger partial charge is 0.507 e. The molecule has 1 aromatic rings. The Morgan fingerprint density at radius 1 is 1.50 bits per heavy atom. The first-order valence-electron chi connectivity index (χ1n) is 5.05. The van der Waals surface area contributed by atoms with E-state index < -0.39 is 11.9 Å². The van der Waals surface area contributed by atoms with E-state index in [4.69, 9.17) is 5.11 Å². The maximum absolute atomic E-state index is 10.8. The summed E-state index contributed by atoms with van der Waals surface area (Å²) >= 11 is 1.52. The van der Waals surface area contributed by atoms with Gasteiger partial charge in [0.2, 0.25) is 0 Å². The van der Waals surface area contributed by atoms with E-state index in [9.17, 15) is 9.90 Å². The van der Waals surface area contributed by atoms with Gasteiger partial charge in [-0.3, -0.25) is 4.79 Å². The van der Waals surface area contributed by atoms with E-state index in [1.165, 1.54) is 11.8 Å². The Labute approximate surface area is 99.5 Å².